The molecule has 3 atom stereocenters. The van der Waals surface area contributed by atoms with Gasteiger partial charge in [-0.25, -0.2) is 5.01 Å². The maximum atomic E-state index is 13.4. The van der Waals surface area contributed by atoms with Crippen LogP contribution in [0.25, 0.3) is 0 Å². The van der Waals surface area contributed by atoms with E-state index in [1.54, 1.807) is 17.1 Å². The molecule has 5 rings (SSSR count). The van der Waals surface area contributed by atoms with Crippen LogP contribution in [0.3, 0.4) is 0 Å². The number of nitrogens with one attached hydrogen (secondary N) is 2. The topological polar surface area (TPSA) is 86.2 Å². The Hall–Kier alpha value is -2.91. The highest BCUT2D eigenvalue weighted by Gasteiger charge is 2.34. The molecule has 38 heavy (non-hydrogen) atoms. The molecule has 0 saturated carbocycles. The van der Waals surface area contributed by atoms with Crippen molar-refractivity contribution in [2.24, 2.45) is 9.50 Å². The van der Waals surface area contributed by atoms with E-state index in [4.69, 9.17) is 28.3 Å². The van der Waals surface area contributed by atoms with Crippen molar-refractivity contribution < 1.29 is 8.42 Å². The first-order valence-electron chi connectivity index (χ1n) is 12.6. The van der Waals surface area contributed by atoms with Crippen LogP contribution in [0.4, 0.5) is 0 Å². The molecule has 198 valence electrons. The molecule has 0 aliphatic carbocycles. The Labute approximate surface area is 233 Å². The monoisotopic (exact) mass is 569 g/mol. The molecule has 0 spiro atoms. The minimum absolute atomic E-state index is 0.0635. The van der Waals surface area contributed by atoms with Gasteiger partial charge < -0.3 is 10.6 Å². The van der Waals surface area contributed by atoms with E-state index in [9.17, 15) is 8.42 Å². The summed E-state index contributed by atoms with van der Waals surface area (Å²) in [5.41, 5.74) is 2.81. The van der Waals surface area contributed by atoms with Crippen molar-refractivity contribution in [2.45, 2.75) is 42.7 Å². The van der Waals surface area contributed by atoms with Crippen molar-refractivity contribution in [1.82, 2.24) is 15.6 Å². The summed E-state index contributed by atoms with van der Waals surface area (Å²) in [5.74, 6) is 0.0913. The van der Waals surface area contributed by atoms with Crippen LogP contribution in [0, 0.1) is 0 Å². The van der Waals surface area contributed by atoms with Crippen molar-refractivity contribution in [2.75, 3.05) is 13.1 Å². The standard InChI is InChI=1S/C28H29Cl2N5O2S/c1-19(26-8-5-17-31-26)32-28(34-38(36,37)24-15-13-23(30)14-16-24)35-18-25(20-6-3-2-4-7-20)27(33-35)21-9-11-22(29)12-10-21/h2-4,6-7,9-16,19,25-26,31H,5,8,17-18H2,1H3,(H,32,34). The number of sulfonamides is 1. The lowest BCUT2D eigenvalue weighted by Gasteiger charge is -2.26. The van der Waals surface area contributed by atoms with Crippen molar-refractivity contribution >= 4 is 44.9 Å². The van der Waals surface area contributed by atoms with Gasteiger partial charge in [-0.3, -0.25) is 0 Å². The Bertz CT molecular complexity index is 1420. The van der Waals surface area contributed by atoms with Gasteiger partial charge in [0.15, 0.2) is 0 Å². The second kappa shape index (κ2) is 11.5. The number of guanidine groups is 1. The quantitative estimate of drug-likeness (QED) is 0.312. The fourth-order valence-electron chi connectivity index (χ4n) is 4.83. The molecule has 1 fully saturated rings. The third-order valence-electron chi connectivity index (χ3n) is 6.88. The number of halogens is 2. The Morgan fingerprint density at radius 2 is 1.68 bits per heavy atom. The predicted octanol–water partition coefficient (Wildman–Crippen LogP) is 5.27. The van der Waals surface area contributed by atoms with Crippen molar-refractivity contribution in [3.8, 4) is 0 Å². The van der Waals surface area contributed by atoms with E-state index in [1.165, 1.54) is 12.1 Å². The first-order valence-corrected chi connectivity index (χ1v) is 14.8. The lowest BCUT2D eigenvalue weighted by Crippen LogP contribution is -2.50. The summed E-state index contributed by atoms with van der Waals surface area (Å²) in [6.07, 6.45) is 2.07. The second-order valence-electron chi connectivity index (χ2n) is 9.52. The van der Waals surface area contributed by atoms with Gasteiger partial charge in [0.2, 0.25) is 5.96 Å². The average molecular weight is 571 g/mol. The molecule has 10 heteroatoms. The molecule has 1 saturated heterocycles. The Morgan fingerprint density at radius 1 is 1.03 bits per heavy atom. The predicted molar refractivity (Wildman–Crippen MR) is 154 cm³/mol. The van der Waals surface area contributed by atoms with Gasteiger partial charge in [-0.05, 0) is 73.8 Å². The molecule has 2 heterocycles. The lowest BCUT2D eigenvalue weighted by molar-refractivity contribution is 0.416. The Balaban J connectivity index is 1.56. The Kier molecular flexibility index (Phi) is 8.04. The maximum absolute atomic E-state index is 13.4. The molecule has 0 aromatic heterocycles. The molecule has 0 radical (unpaired) electrons. The van der Waals surface area contributed by atoms with Crippen molar-refractivity contribution in [3.05, 3.63) is 100 Å². The first-order chi connectivity index (χ1) is 18.3. The zero-order chi connectivity index (χ0) is 26.7. The molecular formula is C28H29Cl2N5O2S. The highest BCUT2D eigenvalue weighted by Crippen LogP contribution is 2.30. The summed E-state index contributed by atoms with van der Waals surface area (Å²) >= 11 is 12.1. The maximum Gasteiger partial charge on any atom is 0.285 e. The van der Waals surface area contributed by atoms with Crippen LogP contribution in [-0.4, -0.2) is 50.3 Å². The van der Waals surface area contributed by atoms with Gasteiger partial charge in [-0.2, -0.15) is 13.5 Å². The molecule has 3 aromatic carbocycles. The van der Waals surface area contributed by atoms with Crippen LogP contribution in [0.15, 0.2) is 93.3 Å². The molecule has 2 aliphatic rings. The summed E-state index contributed by atoms with van der Waals surface area (Å²) in [7, 11) is -4.03. The summed E-state index contributed by atoms with van der Waals surface area (Å²) < 4.78 is 31.0. The summed E-state index contributed by atoms with van der Waals surface area (Å²) in [5, 5.41) is 14.5. The molecule has 0 bridgehead atoms. The highest BCUT2D eigenvalue weighted by atomic mass is 35.5. The van der Waals surface area contributed by atoms with E-state index >= 15 is 0 Å². The lowest BCUT2D eigenvalue weighted by atomic mass is 9.91. The molecule has 2 aliphatic heterocycles. The molecule has 0 amide bonds. The van der Waals surface area contributed by atoms with E-state index < -0.39 is 10.0 Å². The smallest absolute Gasteiger partial charge is 0.285 e. The second-order valence-corrected chi connectivity index (χ2v) is 12.0. The zero-order valence-electron chi connectivity index (χ0n) is 20.9. The van der Waals surface area contributed by atoms with E-state index in [0.29, 0.717) is 16.6 Å². The third kappa shape index (κ3) is 6.04. The number of hydrogen-bond acceptors (Lipinski definition) is 4. The van der Waals surface area contributed by atoms with E-state index in [2.05, 4.69) is 27.2 Å². The van der Waals surface area contributed by atoms with E-state index in [0.717, 1.165) is 36.2 Å². The molecule has 7 nitrogen and oxygen atoms in total. The SMILES string of the molecule is CC(NC(=NS(=O)(=O)c1ccc(Cl)cc1)N1CC(c2ccccc2)C(c2ccc(Cl)cc2)=N1)C1CCCN1. The number of rotatable bonds is 6. The third-order valence-corrected chi connectivity index (χ3v) is 8.66. The van der Waals surface area contributed by atoms with Gasteiger partial charge in [0.1, 0.15) is 0 Å². The molecule has 3 aromatic rings. The largest absolute Gasteiger partial charge is 0.350 e. The van der Waals surface area contributed by atoms with Gasteiger partial charge in [0.05, 0.1) is 17.2 Å². The summed E-state index contributed by atoms with van der Waals surface area (Å²) in [4.78, 5) is 0.0635. The number of nitrogens with zero attached hydrogens (tertiary/aromatic N) is 3. The van der Waals surface area contributed by atoms with Crippen LogP contribution in [0.5, 0.6) is 0 Å². The minimum atomic E-state index is -4.03. The van der Waals surface area contributed by atoms with E-state index in [1.807, 2.05) is 49.4 Å². The van der Waals surface area contributed by atoms with E-state index in [-0.39, 0.29) is 28.9 Å². The fourth-order valence-corrected chi connectivity index (χ4v) is 6.04. The van der Waals surface area contributed by atoms with Gasteiger partial charge in [0.25, 0.3) is 10.0 Å². The zero-order valence-corrected chi connectivity index (χ0v) is 23.2. The van der Waals surface area contributed by atoms with Gasteiger partial charge in [0, 0.05) is 28.0 Å². The minimum Gasteiger partial charge on any atom is -0.350 e. The summed E-state index contributed by atoms with van der Waals surface area (Å²) in [6.45, 7) is 3.39. The average Bonchev–Trinajstić information content (AvgIpc) is 3.61. The summed E-state index contributed by atoms with van der Waals surface area (Å²) in [6, 6.07) is 23.7. The van der Waals surface area contributed by atoms with Gasteiger partial charge >= 0.3 is 0 Å². The molecular weight excluding hydrogens is 541 g/mol. The first kappa shape index (κ1) is 26.7. The van der Waals surface area contributed by atoms with Crippen LogP contribution in [0.2, 0.25) is 10.0 Å². The number of benzene rings is 3. The van der Waals surface area contributed by atoms with Crippen molar-refractivity contribution in [3.63, 3.8) is 0 Å². The fraction of sp³-hybridized carbons (Fsp3) is 0.286. The molecule has 3 unspecified atom stereocenters. The highest BCUT2D eigenvalue weighted by molar-refractivity contribution is 7.90. The van der Waals surface area contributed by atoms with Crippen LogP contribution < -0.4 is 10.6 Å². The number of hydrazone groups is 1. The van der Waals surface area contributed by atoms with Crippen molar-refractivity contribution in [1.29, 1.82) is 0 Å². The number of hydrogen-bond donors (Lipinski definition) is 2. The Morgan fingerprint density at radius 3 is 2.32 bits per heavy atom. The van der Waals surface area contributed by atoms with Crippen LogP contribution >= 0.6 is 23.2 Å². The normalized spacial score (nSPS) is 20.9. The van der Waals surface area contributed by atoms with Gasteiger partial charge in [-0.15, -0.1) is 4.40 Å². The van der Waals surface area contributed by atoms with Crippen LogP contribution in [-0.2, 0) is 10.0 Å². The van der Waals surface area contributed by atoms with Gasteiger partial charge in [-0.1, -0.05) is 65.7 Å². The van der Waals surface area contributed by atoms with Crippen LogP contribution in [0.1, 0.15) is 36.8 Å². The molecule has 2 N–H and O–H groups in total.